The number of nitrogens with one attached hydrogen (secondary N) is 1. The van der Waals surface area contributed by atoms with Crippen molar-refractivity contribution in [1.82, 2.24) is 25.1 Å². The molecule has 0 spiro atoms. The van der Waals surface area contributed by atoms with Gasteiger partial charge in [0.15, 0.2) is 11.7 Å². The minimum Gasteiger partial charge on any atom is -0.479 e. The summed E-state index contributed by atoms with van der Waals surface area (Å²) >= 11 is 0.855. The van der Waals surface area contributed by atoms with Crippen molar-refractivity contribution in [2.24, 2.45) is 0 Å². The summed E-state index contributed by atoms with van der Waals surface area (Å²) in [6, 6.07) is 9.57. The molecule has 2 aromatic heterocycles. The van der Waals surface area contributed by atoms with Crippen LogP contribution in [0.2, 0.25) is 0 Å². The smallest absolute Gasteiger partial charge is 0.453 e. The summed E-state index contributed by atoms with van der Waals surface area (Å²) in [5.41, 5.74) is 0.309. The molecule has 1 aromatic carbocycles. The van der Waals surface area contributed by atoms with Gasteiger partial charge in [0.2, 0.25) is 5.91 Å². The fraction of sp³-hybridized carbons (Fsp3) is 0.188. The maximum atomic E-state index is 12.9. The maximum Gasteiger partial charge on any atom is 0.453 e. The Hall–Kier alpha value is -3.15. The van der Waals surface area contributed by atoms with Gasteiger partial charge in [-0.25, -0.2) is 4.79 Å². The molecule has 0 saturated heterocycles. The van der Waals surface area contributed by atoms with E-state index in [4.69, 9.17) is 0 Å². The Labute approximate surface area is 159 Å². The standard InChI is InChI=1S/C16H12F3N5O3S/c17-16(18,19)15-22-21-10-6-7-12(23-24(10)15)28-8-11(25)20-13(14(26)27)9-4-2-1-3-5-9/h1-7,13H,8H2,(H,20,25)(H,26,27). The van der Waals surface area contributed by atoms with Gasteiger partial charge in [-0.15, -0.1) is 10.2 Å². The third kappa shape index (κ3) is 4.39. The molecule has 0 aliphatic rings. The van der Waals surface area contributed by atoms with Crippen molar-refractivity contribution in [1.29, 1.82) is 0 Å². The van der Waals surface area contributed by atoms with Crippen molar-refractivity contribution in [3.8, 4) is 0 Å². The molecule has 1 atom stereocenters. The van der Waals surface area contributed by atoms with Gasteiger partial charge in [-0.1, -0.05) is 42.1 Å². The van der Waals surface area contributed by atoms with Crippen molar-refractivity contribution < 1.29 is 27.9 Å². The minimum absolute atomic E-state index is 0.0869. The highest BCUT2D eigenvalue weighted by atomic mass is 32.2. The summed E-state index contributed by atoms with van der Waals surface area (Å²) in [6.45, 7) is 0. The highest BCUT2D eigenvalue weighted by Crippen LogP contribution is 2.28. The SMILES string of the molecule is O=C(CSc1ccc2nnc(C(F)(F)F)n2n1)NC(C(=O)O)c1ccccc1. The van der Waals surface area contributed by atoms with Gasteiger partial charge in [0, 0.05) is 0 Å². The van der Waals surface area contributed by atoms with Crippen LogP contribution >= 0.6 is 11.8 Å². The average Bonchev–Trinajstić information content (AvgIpc) is 3.08. The lowest BCUT2D eigenvalue weighted by molar-refractivity contribution is -0.146. The molecule has 28 heavy (non-hydrogen) atoms. The molecule has 0 fully saturated rings. The first-order chi connectivity index (χ1) is 13.3. The van der Waals surface area contributed by atoms with E-state index in [-0.39, 0.29) is 16.4 Å². The zero-order valence-corrected chi connectivity index (χ0v) is 14.7. The Morgan fingerprint density at radius 2 is 1.86 bits per heavy atom. The monoisotopic (exact) mass is 411 g/mol. The summed E-state index contributed by atoms with van der Waals surface area (Å²) in [6.07, 6.45) is -4.72. The van der Waals surface area contributed by atoms with Crippen molar-refractivity contribution in [2.45, 2.75) is 17.2 Å². The molecule has 3 rings (SSSR count). The molecule has 0 saturated carbocycles. The Balaban J connectivity index is 1.69. The van der Waals surface area contributed by atoms with E-state index in [1.165, 1.54) is 12.1 Å². The summed E-state index contributed by atoms with van der Waals surface area (Å²) in [4.78, 5) is 23.5. The van der Waals surface area contributed by atoms with Crippen LogP contribution in [-0.2, 0) is 15.8 Å². The lowest BCUT2D eigenvalue weighted by Gasteiger charge is -2.14. The number of nitrogens with zero attached hydrogens (tertiary/aromatic N) is 4. The Morgan fingerprint density at radius 3 is 2.50 bits per heavy atom. The maximum absolute atomic E-state index is 12.9. The van der Waals surface area contributed by atoms with Crippen LogP contribution in [0.25, 0.3) is 5.65 Å². The number of halogens is 3. The number of hydrogen-bond donors (Lipinski definition) is 2. The van der Waals surface area contributed by atoms with E-state index < -0.39 is 29.9 Å². The second-order valence-corrected chi connectivity index (χ2v) is 6.50. The summed E-state index contributed by atoms with van der Waals surface area (Å²) < 4.78 is 39.2. The molecule has 8 nitrogen and oxygen atoms in total. The number of carbonyl (C=O) groups is 2. The number of aromatic nitrogens is 4. The van der Waals surface area contributed by atoms with Gasteiger partial charge in [-0.3, -0.25) is 4.79 Å². The van der Waals surface area contributed by atoms with Crippen LogP contribution in [0.4, 0.5) is 13.2 Å². The molecule has 2 N–H and O–H groups in total. The van der Waals surface area contributed by atoms with Gasteiger partial charge >= 0.3 is 12.1 Å². The van der Waals surface area contributed by atoms with E-state index in [2.05, 4.69) is 20.6 Å². The fourth-order valence-electron chi connectivity index (χ4n) is 2.30. The first-order valence-corrected chi connectivity index (χ1v) is 8.74. The number of carboxylic acid groups (broad SMARTS) is 1. The number of benzene rings is 1. The van der Waals surface area contributed by atoms with Gasteiger partial charge in [0.25, 0.3) is 5.82 Å². The Morgan fingerprint density at radius 1 is 1.14 bits per heavy atom. The summed E-state index contributed by atoms with van der Waals surface area (Å²) in [5.74, 6) is -3.35. The van der Waals surface area contributed by atoms with Crippen LogP contribution in [0, 0.1) is 0 Å². The van der Waals surface area contributed by atoms with Gasteiger partial charge in [0.05, 0.1) is 5.75 Å². The van der Waals surface area contributed by atoms with E-state index >= 15 is 0 Å². The first kappa shape index (κ1) is 19.6. The number of alkyl halides is 3. The molecule has 146 valence electrons. The second kappa shape index (κ2) is 7.84. The lowest BCUT2D eigenvalue weighted by atomic mass is 10.1. The van der Waals surface area contributed by atoms with Crippen LogP contribution in [0.1, 0.15) is 17.4 Å². The highest BCUT2D eigenvalue weighted by Gasteiger charge is 2.37. The molecule has 12 heteroatoms. The second-order valence-electron chi connectivity index (χ2n) is 5.50. The van der Waals surface area contributed by atoms with Crippen LogP contribution in [0.15, 0.2) is 47.5 Å². The van der Waals surface area contributed by atoms with Crippen molar-refractivity contribution in [3.63, 3.8) is 0 Å². The minimum atomic E-state index is -4.72. The predicted molar refractivity (Wildman–Crippen MR) is 91.5 cm³/mol. The van der Waals surface area contributed by atoms with Crippen molar-refractivity contribution in [2.75, 3.05) is 5.75 Å². The van der Waals surface area contributed by atoms with Crippen LogP contribution in [0.5, 0.6) is 0 Å². The molecule has 0 aliphatic carbocycles. The van der Waals surface area contributed by atoms with Gasteiger partial charge in [0.1, 0.15) is 5.03 Å². The topological polar surface area (TPSA) is 109 Å². The molecular weight excluding hydrogens is 399 g/mol. The zero-order chi connectivity index (χ0) is 20.3. The van der Waals surface area contributed by atoms with E-state index in [1.807, 2.05) is 0 Å². The summed E-state index contributed by atoms with van der Waals surface area (Å²) in [5, 5.41) is 22.0. The number of carbonyl (C=O) groups excluding carboxylic acids is 1. The quantitative estimate of drug-likeness (QED) is 0.599. The van der Waals surface area contributed by atoms with Crippen LogP contribution in [-0.4, -0.2) is 42.5 Å². The normalized spacial score (nSPS) is 12.7. The molecule has 1 unspecified atom stereocenters. The predicted octanol–water partition coefficient (Wildman–Crippen LogP) is 2.18. The number of thioether (sulfide) groups is 1. The molecule has 2 heterocycles. The molecule has 0 aliphatic heterocycles. The number of aliphatic carboxylic acids is 1. The zero-order valence-electron chi connectivity index (χ0n) is 13.9. The number of fused-ring (bicyclic) bond motifs is 1. The van der Waals surface area contributed by atoms with Gasteiger partial charge in [-0.2, -0.15) is 22.8 Å². The molecule has 1 amide bonds. The van der Waals surface area contributed by atoms with Gasteiger partial charge < -0.3 is 10.4 Å². The van der Waals surface area contributed by atoms with E-state index in [9.17, 15) is 27.9 Å². The van der Waals surface area contributed by atoms with Crippen LogP contribution in [0.3, 0.4) is 0 Å². The van der Waals surface area contributed by atoms with Gasteiger partial charge in [-0.05, 0) is 17.7 Å². The third-order valence-corrected chi connectivity index (χ3v) is 4.45. The highest BCUT2D eigenvalue weighted by molar-refractivity contribution is 7.99. The number of rotatable bonds is 6. The molecular formula is C16H12F3N5O3S. The summed E-state index contributed by atoms with van der Waals surface area (Å²) in [7, 11) is 0. The first-order valence-electron chi connectivity index (χ1n) is 7.75. The fourth-order valence-corrected chi connectivity index (χ4v) is 2.97. The number of carboxylic acids is 1. The Kier molecular flexibility index (Phi) is 5.49. The molecule has 0 radical (unpaired) electrons. The largest absolute Gasteiger partial charge is 0.479 e. The molecule has 3 aromatic rings. The number of hydrogen-bond acceptors (Lipinski definition) is 6. The van der Waals surface area contributed by atoms with E-state index in [1.54, 1.807) is 30.3 Å². The third-order valence-electron chi connectivity index (χ3n) is 3.53. The van der Waals surface area contributed by atoms with Crippen LogP contribution < -0.4 is 5.32 Å². The average molecular weight is 411 g/mol. The number of amides is 1. The van der Waals surface area contributed by atoms with E-state index in [0.29, 0.717) is 10.1 Å². The Bertz CT molecular complexity index is 1010. The van der Waals surface area contributed by atoms with E-state index in [0.717, 1.165) is 11.8 Å². The van der Waals surface area contributed by atoms with Crippen molar-refractivity contribution in [3.05, 3.63) is 53.9 Å². The lowest BCUT2D eigenvalue weighted by Crippen LogP contribution is -2.34. The van der Waals surface area contributed by atoms with Crippen molar-refractivity contribution >= 4 is 29.3 Å². The molecule has 0 bridgehead atoms.